The zero-order valence-corrected chi connectivity index (χ0v) is 17.9. The second-order valence-electron chi connectivity index (χ2n) is 6.74. The van der Waals surface area contributed by atoms with E-state index in [1.165, 1.54) is 4.68 Å². The number of ether oxygens (including phenoxy) is 1. The van der Waals surface area contributed by atoms with Gasteiger partial charge in [-0.25, -0.2) is 0 Å². The summed E-state index contributed by atoms with van der Waals surface area (Å²) in [5.41, 5.74) is 1.56. The van der Waals surface area contributed by atoms with Crippen molar-refractivity contribution in [1.82, 2.24) is 19.9 Å². The molecule has 0 unspecified atom stereocenters. The Hall–Kier alpha value is -3.78. The third kappa shape index (κ3) is 3.51. The van der Waals surface area contributed by atoms with Crippen LogP contribution >= 0.6 is 15.9 Å². The van der Waals surface area contributed by atoms with Crippen LogP contribution in [0.5, 0.6) is 5.75 Å². The second-order valence-corrected chi connectivity index (χ2v) is 7.66. The highest BCUT2D eigenvalue weighted by Crippen LogP contribution is 2.27. The van der Waals surface area contributed by atoms with E-state index in [1.54, 1.807) is 37.4 Å². The van der Waals surface area contributed by atoms with Crippen LogP contribution in [0.15, 0.2) is 86.6 Å². The highest BCUT2D eigenvalue weighted by atomic mass is 79.9. The Balaban J connectivity index is 1.71. The van der Waals surface area contributed by atoms with Gasteiger partial charge < -0.3 is 9.26 Å². The molecule has 0 bridgehead atoms. The molecule has 0 radical (unpaired) electrons. The zero-order chi connectivity index (χ0) is 21.4. The smallest absolute Gasteiger partial charge is 0.279 e. The molecular formula is C23H15BrN4O3. The highest BCUT2D eigenvalue weighted by Gasteiger charge is 2.19. The van der Waals surface area contributed by atoms with E-state index >= 15 is 0 Å². The maximum absolute atomic E-state index is 13.2. The summed E-state index contributed by atoms with van der Waals surface area (Å²) < 4.78 is 13.1. The summed E-state index contributed by atoms with van der Waals surface area (Å²) in [5, 5.41) is 9.82. The van der Waals surface area contributed by atoms with Crippen LogP contribution in [0.25, 0.3) is 39.4 Å². The van der Waals surface area contributed by atoms with Gasteiger partial charge in [0.1, 0.15) is 5.75 Å². The van der Waals surface area contributed by atoms with Crippen molar-refractivity contribution >= 4 is 26.7 Å². The Labute approximate surface area is 185 Å². The number of nitrogens with zero attached hydrogens (tertiary/aromatic N) is 4. The second kappa shape index (κ2) is 7.81. The van der Waals surface area contributed by atoms with E-state index in [4.69, 9.17) is 9.26 Å². The summed E-state index contributed by atoms with van der Waals surface area (Å²) in [6.07, 6.45) is 0. The van der Waals surface area contributed by atoms with E-state index in [2.05, 4.69) is 31.2 Å². The standard InChI is InChI=1S/C23H15BrN4O3/c1-30-17-6-4-5-16(13-17)28-23(29)19-8-3-2-7-18(19)20(26-28)22-25-21(27-31-22)14-9-11-15(24)12-10-14/h2-13H,1H3. The first kappa shape index (κ1) is 19.2. The summed E-state index contributed by atoms with van der Waals surface area (Å²) in [5.74, 6) is 1.29. The molecule has 0 amide bonds. The molecule has 0 atom stereocenters. The number of halogens is 1. The van der Waals surface area contributed by atoms with Gasteiger partial charge in [0.2, 0.25) is 5.82 Å². The topological polar surface area (TPSA) is 83.0 Å². The summed E-state index contributed by atoms with van der Waals surface area (Å²) in [6, 6.07) is 22.0. The quantitative estimate of drug-likeness (QED) is 0.369. The molecule has 2 aromatic heterocycles. The number of hydrogen-bond acceptors (Lipinski definition) is 6. The van der Waals surface area contributed by atoms with E-state index in [9.17, 15) is 4.79 Å². The van der Waals surface area contributed by atoms with Crippen molar-refractivity contribution in [3.8, 4) is 34.4 Å². The highest BCUT2D eigenvalue weighted by molar-refractivity contribution is 9.10. The molecule has 0 saturated heterocycles. The van der Waals surface area contributed by atoms with Crippen molar-refractivity contribution in [3.05, 3.63) is 87.6 Å². The van der Waals surface area contributed by atoms with Gasteiger partial charge in [-0.05, 0) is 42.5 Å². The SMILES string of the molecule is COc1cccc(-n2nc(-c3nc(-c4ccc(Br)cc4)no3)c3ccccc3c2=O)c1. The maximum atomic E-state index is 13.2. The first-order valence-corrected chi connectivity index (χ1v) is 10.2. The van der Waals surface area contributed by atoms with Gasteiger partial charge in [0.05, 0.1) is 18.2 Å². The number of aromatic nitrogens is 4. The molecule has 5 rings (SSSR count). The molecule has 0 fully saturated rings. The van der Waals surface area contributed by atoms with Crippen molar-refractivity contribution in [2.24, 2.45) is 0 Å². The summed E-state index contributed by atoms with van der Waals surface area (Å²) in [4.78, 5) is 17.7. The predicted molar refractivity (Wildman–Crippen MR) is 120 cm³/mol. The minimum Gasteiger partial charge on any atom is -0.497 e. The fourth-order valence-electron chi connectivity index (χ4n) is 3.30. The van der Waals surface area contributed by atoms with E-state index in [0.29, 0.717) is 33.7 Å². The Morgan fingerprint density at radius 3 is 2.52 bits per heavy atom. The number of hydrogen-bond donors (Lipinski definition) is 0. The van der Waals surface area contributed by atoms with E-state index in [-0.39, 0.29) is 11.4 Å². The average Bonchev–Trinajstić information content (AvgIpc) is 3.30. The summed E-state index contributed by atoms with van der Waals surface area (Å²) in [7, 11) is 1.57. The zero-order valence-electron chi connectivity index (χ0n) is 16.3. The minimum absolute atomic E-state index is 0.228. The lowest BCUT2D eigenvalue weighted by Crippen LogP contribution is -2.22. The van der Waals surface area contributed by atoms with Gasteiger partial charge in [-0.15, -0.1) is 0 Å². The van der Waals surface area contributed by atoms with Gasteiger partial charge in [0, 0.05) is 21.5 Å². The largest absolute Gasteiger partial charge is 0.497 e. The fraction of sp³-hybridized carbons (Fsp3) is 0.0435. The van der Waals surface area contributed by atoms with Crippen molar-refractivity contribution < 1.29 is 9.26 Å². The van der Waals surface area contributed by atoms with Crippen LogP contribution in [0, 0.1) is 0 Å². The molecule has 0 aliphatic carbocycles. The normalized spacial score (nSPS) is 11.0. The Bertz CT molecular complexity index is 1460. The molecule has 152 valence electrons. The van der Waals surface area contributed by atoms with Crippen molar-refractivity contribution in [3.63, 3.8) is 0 Å². The molecule has 8 heteroatoms. The fourth-order valence-corrected chi connectivity index (χ4v) is 3.56. The minimum atomic E-state index is -0.250. The van der Waals surface area contributed by atoms with Crippen LogP contribution < -0.4 is 10.3 Å². The molecule has 0 saturated carbocycles. The third-order valence-corrected chi connectivity index (χ3v) is 5.36. The van der Waals surface area contributed by atoms with E-state index in [0.717, 1.165) is 10.0 Å². The van der Waals surface area contributed by atoms with Crippen molar-refractivity contribution in [2.75, 3.05) is 7.11 Å². The van der Waals surface area contributed by atoms with Crippen LogP contribution in [-0.2, 0) is 0 Å². The van der Waals surface area contributed by atoms with Crippen LogP contribution in [0.2, 0.25) is 0 Å². The van der Waals surface area contributed by atoms with Crippen molar-refractivity contribution in [1.29, 1.82) is 0 Å². The van der Waals surface area contributed by atoms with Gasteiger partial charge in [-0.1, -0.05) is 45.4 Å². The average molecular weight is 475 g/mol. The van der Waals surface area contributed by atoms with Gasteiger partial charge in [-0.2, -0.15) is 14.8 Å². The molecule has 7 nitrogen and oxygen atoms in total. The number of rotatable bonds is 4. The van der Waals surface area contributed by atoms with Crippen LogP contribution in [0.4, 0.5) is 0 Å². The lowest BCUT2D eigenvalue weighted by molar-refractivity contribution is 0.414. The Morgan fingerprint density at radius 2 is 1.74 bits per heavy atom. The van der Waals surface area contributed by atoms with Gasteiger partial charge in [0.25, 0.3) is 11.4 Å². The molecule has 31 heavy (non-hydrogen) atoms. The monoisotopic (exact) mass is 474 g/mol. The first-order chi connectivity index (χ1) is 15.1. The number of fused-ring (bicyclic) bond motifs is 1. The third-order valence-electron chi connectivity index (χ3n) is 4.83. The molecule has 2 heterocycles. The van der Waals surface area contributed by atoms with Gasteiger partial charge >= 0.3 is 0 Å². The van der Waals surface area contributed by atoms with Crippen molar-refractivity contribution in [2.45, 2.75) is 0 Å². The number of methoxy groups -OCH3 is 1. The van der Waals surface area contributed by atoms with Gasteiger partial charge in [0.15, 0.2) is 5.69 Å². The number of benzene rings is 3. The van der Waals surface area contributed by atoms with E-state index in [1.807, 2.05) is 42.5 Å². The molecule has 0 aliphatic heterocycles. The first-order valence-electron chi connectivity index (χ1n) is 9.40. The molecule has 0 N–H and O–H groups in total. The van der Waals surface area contributed by atoms with Gasteiger partial charge in [-0.3, -0.25) is 4.79 Å². The van der Waals surface area contributed by atoms with E-state index < -0.39 is 0 Å². The predicted octanol–water partition coefficient (Wildman–Crippen LogP) is 4.87. The lowest BCUT2D eigenvalue weighted by atomic mass is 10.1. The van der Waals surface area contributed by atoms with Crippen LogP contribution in [0.3, 0.4) is 0 Å². The molecule has 0 spiro atoms. The molecule has 5 aromatic rings. The van der Waals surface area contributed by atoms with Crippen LogP contribution in [-0.4, -0.2) is 27.0 Å². The maximum Gasteiger partial charge on any atom is 0.279 e. The summed E-state index contributed by atoms with van der Waals surface area (Å²) >= 11 is 3.42. The Morgan fingerprint density at radius 1 is 0.968 bits per heavy atom. The lowest BCUT2D eigenvalue weighted by Gasteiger charge is -2.10. The molecule has 0 aliphatic rings. The van der Waals surface area contributed by atoms with Crippen LogP contribution in [0.1, 0.15) is 0 Å². The molecule has 3 aromatic carbocycles. The summed E-state index contributed by atoms with van der Waals surface area (Å²) in [6.45, 7) is 0. The Kier molecular flexibility index (Phi) is 4.83. The molecular weight excluding hydrogens is 460 g/mol.